The number of phenolic OH excluding ortho intramolecular Hbond substituents is 1. The van der Waals surface area contributed by atoms with Gasteiger partial charge in [-0.25, -0.2) is 0 Å². The van der Waals surface area contributed by atoms with Crippen molar-refractivity contribution >= 4 is 27.8 Å². The maximum atomic E-state index is 13.0. The molecule has 2 aromatic carbocycles. The summed E-state index contributed by atoms with van der Waals surface area (Å²) in [4.78, 5) is 15.3. The maximum absolute atomic E-state index is 13.0. The van der Waals surface area contributed by atoms with Crippen molar-refractivity contribution in [1.82, 2.24) is 4.90 Å². The second kappa shape index (κ2) is 7.72. The van der Waals surface area contributed by atoms with Crippen molar-refractivity contribution in [1.29, 1.82) is 0 Å². The monoisotopic (exact) mass is 441 g/mol. The van der Waals surface area contributed by atoms with Crippen molar-refractivity contribution in [2.24, 2.45) is 5.92 Å². The molecule has 1 saturated heterocycles. The topological polar surface area (TPSA) is 49.8 Å². The SMILES string of the molecule is Cc1cc(O)c(CN2CCC(C)CC2)c2c1C(=O)/C(=C/c1cccc(Br)c1)O2. The number of carbonyl (C=O) groups excluding carboxylic acids is 1. The summed E-state index contributed by atoms with van der Waals surface area (Å²) in [5, 5.41) is 10.6. The Balaban J connectivity index is 1.68. The van der Waals surface area contributed by atoms with Crippen molar-refractivity contribution in [3.63, 3.8) is 0 Å². The van der Waals surface area contributed by atoms with E-state index in [1.54, 1.807) is 12.1 Å². The van der Waals surface area contributed by atoms with Crippen LogP contribution in [0.15, 0.2) is 40.6 Å². The van der Waals surface area contributed by atoms with Gasteiger partial charge in [-0.2, -0.15) is 0 Å². The molecule has 2 aromatic rings. The van der Waals surface area contributed by atoms with Gasteiger partial charge in [0.15, 0.2) is 5.76 Å². The van der Waals surface area contributed by atoms with Crippen molar-refractivity contribution in [3.8, 4) is 11.5 Å². The van der Waals surface area contributed by atoms with Gasteiger partial charge >= 0.3 is 0 Å². The molecule has 146 valence electrons. The normalized spacial score (nSPS) is 19.1. The van der Waals surface area contributed by atoms with Crippen LogP contribution in [0.25, 0.3) is 6.08 Å². The first-order valence-corrected chi connectivity index (χ1v) is 10.5. The van der Waals surface area contributed by atoms with Crippen LogP contribution in [0.1, 0.15) is 46.8 Å². The van der Waals surface area contributed by atoms with Crippen LogP contribution in [0.2, 0.25) is 0 Å². The Bertz CT molecular complexity index is 959. The lowest BCUT2D eigenvalue weighted by atomic mass is 9.96. The number of aryl methyl sites for hydroxylation is 1. The zero-order chi connectivity index (χ0) is 19.8. The fraction of sp³-hybridized carbons (Fsp3) is 0.348. The first-order valence-electron chi connectivity index (χ1n) is 9.70. The van der Waals surface area contributed by atoms with Gasteiger partial charge in [-0.15, -0.1) is 0 Å². The number of piperidine rings is 1. The molecule has 0 aromatic heterocycles. The highest BCUT2D eigenvalue weighted by atomic mass is 79.9. The molecule has 0 unspecified atom stereocenters. The molecule has 0 aliphatic carbocycles. The number of benzene rings is 2. The summed E-state index contributed by atoms with van der Waals surface area (Å²) in [7, 11) is 0. The molecular weight excluding hydrogens is 418 g/mol. The number of ether oxygens (including phenoxy) is 1. The fourth-order valence-electron chi connectivity index (χ4n) is 3.92. The predicted octanol–water partition coefficient (Wildman–Crippen LogP) is 5.31. The van der Waals surface area contributed by atoms with Crippen molar-refractivity contribution < 1.29 is 14.6 Å². The van der Waals surface area contributed by atoms with Crippen LogP contribution < -0.4 is 4.74 Å². The number of hydrogen-bond donors (Lipinski definition) is 1. The van der Waals surface area contributed by atoms with E-state index >= 15 is 0 Å². The summed E-state index contributed by atoms with van der Waals surface area (Å²) < 4.78 is 6.97. The molecule has 0 saturated carbocycles. The number of Topliss-reactive ketones (excluding diaryl/α,β-unsaturated/α-hetero) is 1. The van der Waals surface area contributed by atoms with E-state index in [0.717, 1.165) is 47.4 Å². The smallest absolute Gasteiger partial charge is 0.232 e. The predicted molar refractivity (Wildman–Crippen MR) is 114 cm³/mol. The van der Waals surface area contributed by atoms with E-state index in [1.807, 2.05) is 31.2 Å². The molecule has 4 rings (SSSR count). The maximum Gasteiger partial charge on any atom is 0.232 e. The van der Waals surface area contributed by atoms with Crippen LogP contribution in [0, 0.1) is 12.8 Å². The number of phenols is 1. The Morgan fingerprint density at radius 3 is 2.75 bits per heavy atom. The van der Waals surface area contributed by atoms with Gasteiger partial charge in [0.05, 0.1) is 11.1 Å². The lowest BCUT2D eigenvalue weighted by molar-refractivity contribution is 0.101. The molecule has 4 nitrogen and oxygen atoms in total. The molecule has 0 radical (unpaired) electrons. The lowest BCUT2D eigenvalue weighted by Gasteiger charge is -2.30. The van der Waals surface area contributed by atoms with Crippen LogP contribution in [0.3, 0.4) is 0 Å². The van der Waals surface area contributed by atoms with Crippen molar-refractivity contribution in [2.45, 2.75) is 33.2 Å². The molecule has 5 heteroatoms. The average molecular weight is 442 g/mol. The quantitative estimate of drug-likeness (QED) is 0.655. The van der Waals surface area contributed by atoms with Crippen molar-refractivity contribution in [2.75, 3.05) is 13.1 Å². The van der Waals surface area contributed by atoms with E-state index in [2.05, 4.69) is 27.8 Å². The lowest BCUT2D eigenvalue weighted by Crippen LogP contribution is -2.32. The molecule has 0 amide bonds. The molecule has 0 spiro atoms. The third-order valence-corrected chi connectivity index (χ3v) is 6.12. The average Bonchev–Trinajstić information content (AvgIpc) is 2.97. The Kier molecular flexibility index (Phi) is 5.30. The fourth-order valence-corrected chi connectivity index (χ4v) is 4.34. The van der Waals surface area contributed by atoms with Gasteiger partial charge < -0.3 is 9.84 Å². The number of likely N-dealkylation sites (tertiary alicyclic amines) is 1. The molecule has 28 heavy (non-hydrogen) atoms. The summed E-state index contributed by atoms with van der Waals surface area (Å²) in [5.74, 6) is 1.64. The highest BCUT2D eigenvalue weighted by Gasteiger charge is 2.34. The summed E-state index contributed by atoms with van der Waals surface area (Å²) >= 11 is 3.45. The second-order valence-corrected chi connectivity index (χ2v) is 8.76. The number of allylic oxidation sites excluding steroid dienone is 1. The number of nitrogens with zero attached hydrogens (tertiary/aromatic N) is 1. The minimum Gasteiger partial charge on any atom is -0.507 e. The van der Waals surface area contributed by atoms with Gasteiger partial charge in [0.2, 0.25) is 5.78 Å². The molecule has 2 aliphatic rings. The van der Waals surface area contributed by atoms with Gasteiger partial charge in [-0.05, 0) is 74.2 Å². The van der Waals surface area contributed by atoms with Crippen LogP contribution in [-0.4, -0.2) is 28.9 Å². The van der Waals surface area contributed by atoms with Crippen LogP contribution in [-0.2, 0) is 6.54 Å². The summed E-state index contributed by atoms with van der Waals surface area (Å²) in [6, 6.07) is 9.41. The first kappa shape index (κ1) is 19.2. The van der Waals surface area contributed by atoms with E-state index in [9.17, 15) is 9.90 Å². The summed E-state index contributed by atoms with van der Waals surface area (Å²) in [6.45, 7) is 6.71. The molecule has 0 bridgehead atoms. The van der Waals surface area contributed by atoms with Gasteiger partial charge in [-0.3, -0.25) is 9.69 Å². The number of hydrogen-bond acceptors (Lipinski definition) is 4. The number of carbonyl (C=O) groups is 1. The Hall–Kier alpha value is -2.11. The number of halogens is 1. The third-order valence-electron chi connectivity index (χ3n) is 5.63. The second-order valence-electron chi connectivity index (χ2n) is 7.85. The zero-order valence-electron chi connectivity index (χ0n) is 16.2. The number of aromatic hydroxyl groups is 1. The molecule has 1 fully saturated rings. The highest BCUT2D eigenvalue weighted by molar-refractivity contribution is 9.10. The van der Waals surface area contributed by atoms with Gasteiger partial charge in [0.1, 0.15) is 11.5 Å². The van der Waals surface area contributed by atoms with E-state index in [4.69, 9.17) is 4.74 Å². The largest absolute Gasteiger partial charge is 0.507 e. The Morgan fingerprint density at radius 2 is 2.04 bits per heavy atom. The van der Waals surface area contributed by atoms with E-state index in [-0.39, 0.29) is 11.5 Å². The van der Waals surface area contributed by atoms with Gasteiger partial charge in [0.25, 0.3) is 0 Å². The Labute approximate surface area is 173 Å². The standard InChI is InChI=1S/C23H24BrNO3/c1-14-6-8-25(9-7-14)13-18-19(26)10-15(2)21-22(27)20(28-23(18)21)12-16-4-3-5-17(24)11-16/h3-5,10-12,14,26H,6-9,13H2,1-2H3/b20-12-. The van der Waals surface area contributed by atoms with E-state index < -0.39 is 0 Å². The molecule has 2 heterocycles. The van der Waals surface area contributed by atoms with Crippen molar-refractivity contribution in [3.05, 3.63) is 62.8 Å². The highest BCUT2D eigenvalue weighted by Crippen LogP contribution is 2.42. The molecule has 1 N–H and O–H groups in total. The molecule has 0 atom stereocenters. The summed E-state index contributed by atoms with van der Waals surface area (Å²) in [6.07, 6.45) is 4.07. The van der Waals surface area contributed by atoms with Crippen LogP contribution >= 0.6 is 15.9 Å². The minimum atomic E-state index is -0.124. The zero-order valence-corrected chi connectivity index (χ0v) is 17.8. The van der Waals surface area contributed by atoms with Gasteiger partial charge in [-0.1, -0.05) is 35.0 Å². The number of ketones is 1. The van der Waals surface area contributed by atoms with Crippen LogP contribution in [0.5, 0.6) is 11.5 Å². The summed E-state index contributed by atoms with van der Waals surface area (Å²) in [5.41, 5.74) is 2.91. The Morgan fingerprint density at radius 1 is 1.29 bits per heavy atom. The molecule has 2 aliphatic heterocycles. The number of rotatable bonds is 3. The first-order chi connectivity index (χ1) is 13.4. The molecular formula is C23H24BrNO3. The number of fused-ring (bicyclic) bond motifs is 1. The third kappa shape index (κ3) is 3.74. The minimum absolute atomic E-state index is 0.124. The van der Waals surface area contributed by atoms with Crippen LogP contribution in [0.4, 0.5) is 0 Å². The van der Waals surface area contributed by atoms with E-state index in [1.165, 1.54) is 0 Å². The van der Waals surface area contributed by atoms with E-state index in [0.29, 0.717) is 29.2 Å². The van der Waals surface area contributed by atoms with Gasteiger partial charge in [0, 0.05) is 11.0 Å².